The Balaban J connectivity index is 1.45. The van der Waals surface area contributed by atoms with E-state index in [-0.39, 0.29) is 5.91 Å². The molecule has 1 aliphatic rings. The molecule has 0 atom stereocenters. The molecule has 1 aliphatic heterocycles. The second-order valence-corrected chi connectivity index (χ2v) is 7.36. The zero-order valence-electron chi connectivity index (χ0n) is 11.7. The molecular weight excluding hydrogens is 304 g/mol. The van der Waals surface area contributed by atoms with Gasteiger partial charge in [0.1, 0.15) is 0 Å². The number of rotatable bonds is 5. The number of nitrogens with one attached hydrogen (secondary N) is 1. The van der Waals surface area contributed by atoms with Gasteiger partial charge in [-0.3, -0.25) is 4.79 Å². The van der Waals surface area contributed by atoms with E-state index in [1.807, 2.05) is 36.0 Å². The van der Waals surface area contributed by atoms with Crippen LogP contribution in [0.15, 0.2) is 24.3 Å². The third-order valence-corrected chi connectivity index (χ3v) is 5.82. The van der Waals surface area contributed by atoms with Crippen LogP contribution in [0.25, 0.3) is 10.2 Å². The molecule has 0 saturated carbocycles. The Hall–Kier alpha value is -1.11. The van der Waals surface area contributed by atoms with Gasteiger partial charge in [0, 0.05) is 30.8 Å². The monoisotopic (exact) mass is 322 g/mol. The number of carbonyl (C=O) groups is 1. The van der Waals surface area contributed by atoms with E-state index in [0.29, 0.717) is 16.8 Å². The first kappa shape index (κ1) is 14.8. The fourth-order valence-corrected chi connectivity index (χ4v) is 4.24. The largest absolute Gasteiger partial charge is 0.381 e. The molecule has 6 heteroatoms. The van der Waals surface area contributed by atoms with Crippen molar-refractivity contribution in [1.82, 2.24) is 10.3 Å². The Bertz CT molecular complexity index is 575. The number of fused-ring (bicyclic) bond motifs is 1. The number of aromatic nitrogens is 1. The number of amides is 1. The Morgan fingerprint density at radius 3 is 3.00 bits per heavy atom. The summed E-state index contributed by atoms with van der Waals surface area (Å²) in [5.74, 6) is 0.880. The first-order valence-corrected chi connectivity index (χ1v) is 9.02. The van der Waals surface area contributed by atoms with Crippen LogP contribution in [0.4, 0.5) is 0 Å². The standard InChI is InChI=1S/C15H18N2O2S2/c18-14(15-17-12-3-1-2-4-13(12)21-15)16-7-10-20-11-5-8-19-9-6-11/h1-4,11H,5-10H2,(H,16,18). The van der Waals surface area contributed by atoms with Crippen LogP contribution in [0.5, 0.6) is 0 Å². The second-order valence-electron chi connectivity index (χ2n) is 4.93. The van der Waals surface area contributed by atoms with Gasteiger partial charge >= 0.3 is 0 Å². The molecule has 3 rings (SSSR count). The van der Waals surface area contributed by atoms with E-state index < -0.39 is 0 Å². The highest BCUT2D eigenvalue weighted by atomic mass is 32.2. The third kappa shape index (κ3) is 3.96. The van der Waals surface area contributed by atoms with E-state index >= 15 is 0 Å². The number of para-hydroxylation sites is 1. The number of hydrogen-bond donors (Lipinski definition) is 1. The quantitative estimate of drug-likeness (QED) is 0.860. The summed E-state index contributed by atoms with van der Waals surface area (Å²) in [6.45, 7) is 2.43. The summed E-state index contributed by atoms with van der Waals surface area (Å²) in [4.78, 5) is 16.4. The van der Waals surface area contributed by atoms with E-state index in [9.17, 15) is 4.79 Å². The maximum absolute atomic E-state index is 12.1. The second kappa shape index (κ2) is 7.24. The number of carbonyl (C=O) groups excluding carboxylic acids is 1. The summed E-state index contributed by atoms with van der Waals surface area (Å²) in [6, 6.07) is 7.83. The van der Waals surface area contributed by atoms with E-state index in [1.54, 1.807) is 0 Å². The van der Waals surface area contributed by atoms with Crippen molar-refractivity contribution in [1.29, 1.82) is 0 Å². The van der Waals surface area contributed by atoms with E-state index in [0.717, 1.165) is 42.0 Å². The summed E-state index contributed by atoms with van der Waals surface area (Å²) in [5.41, 5.74) is 0.893. The summed E-state index contributed by atoms with van der Waals surface area (Å²) < 4.78 is 6.40. The van der Waals surface area contributed by atoms with Crippen LogP contribution in [-0.2, 0) is 4.74 Å². The minimum atomic E-state index is -0.0659. The molecule has 1 fully saturated rings. The van der Waals surface area contributed by atoms with Gasteiger partial charge in [-0.1, -0.05) is 12.1 Å². The van der Waals surface area contributed by atoms with Crippen LogP contribution in [0.1, 0.15) is 22.6 Å². The van der Waals surface area contributed by atoms with Gasteiger partial charge < -0.3 is 10.1 Å². The normalized spacial score (nSPS) is 16.2. The van der Waals surface area contributed by atoms with Gasteiger partial charge in [-0.25, -0.2) is 4.98 Å². The molecule has 1 N–H and O–H groups in total. The van der Waals surface area contributed by atoms with Crippen molar-refractivity contribution >= 4 is 39.2 Å². The lowest BCUT2D eigenvalue weighted by Crippen LogP contribution is -2.27. The van der Waals surface area contributed by atoms with Gasteiger partial charge in [-0.15, -0.1) is 11.3 Å². The number of nitrogens with zero attached hydrogens (tertiary/aromatic N) is 1. The Kier molecular flexibility index (Phi) is 5.11. The van der Waals surface area contributed by atoms with Crippen LogP contribution in [0, 0.1) is 0 Å². The molecule has 0 spiro atoms. The van der Waals surface area contributed by atoms with Crippen molar-refractivity contribution in [2.24, 2.45) is 0 Å². The molecule has 1 amide bonds. The van der Waals surface area contributed by atoms with Gasteiger partial charge in [0.2, 0.25) is 0 Å². The number of benzene rings is 1. The lowest BCUT2D eigenvalue weighted by molar-refractivity contribution is 0.0955. The molecule has 2 aromatic rings. The van der Waals surface area contributed by atoms with Gasteiger partial charge in [0.25, 0.3) is 5.91 Å². The van der Waals surface area contributed by atoms with Crippen LogP contribution in [-0.4, -0.2) is 41.7 Å². The first-order chi connectivity index (χ1) is 10.3. The van der Waals surface area contributed by atoms with E-state index in [2.05, 4.69) is 10.3 Å². The third-order valence-electron chi connectivity index (χ3n) is 3.40. The van der Waals surface area contributed by atoms with E-state index in [1.165, 1.54) is 11.3 Å². The number of hydrogen-bond acceptors (Lipinski definition) is 5. The van der Waals surface area contributed by atoms with Crippen LogP contribution >= 0.6 is 23.1 Å². The maximum atomic E-state index is 12.1. The van der Waals surface area contributed by atoms with Crippen molar-refractivity contribution in [2.45, 2.75) is 18.1 Å². The fraction of sp³-hybridized carbons (Fsp3) is 0.467. The van der Waals surface area contributed by atoms with Crippen molar-refractivity contribution < 1.29 is 9.53 Å². The molecule has 2 heterocycles. The van der Waals surface area contributed by atoms with Crippen molar-refractivity contribution in [3.8, 4) is 0 Å². The molecule has 0 unspecified atom stereocenters. The Morgan fingerprint density at radius 2 is 2.19 bits per heavy atom. The smallest absolute Gasteiger partial charge is 0.280 e. The highest BCUT2D eigenvalue weighted by molar-refractivity contribution is 7.99. The fourth-order valence-electron chi connectivity index (χ4n) is 2.28. The number of thiazole rings is 1. The van der Waals surface area contributed by atoms with Crippen LogP contribution < -0.4 is 5.32 Å². The molecule has 112 valence electrons. The lowest BCUT2D eigenvalue weighted by atomic mass is 10.2. The lowest BCUT2D eigenvalue weighted by Gasteiger charge is -2.21. The molecule has 0 radical (unpaired) electrons. The van der Waals surface area contributed by atoms with Crippen LogP contribution in [0.2, 0.25) is 0 Å². The molecule has 21 heavy (non-hydrogen) atoms. The van der Waals surface area contributed by atoms with Gasteiger partial charge in [0.05, 0.1) is 10.2 Å². The maximum Gasteiger partial charge on any atom is 0.280 e. The van der Waals surface area contributed by atoms with Gasteiger partial charge in [-0.05, 0) is 25.0 Å². The first-order valence-electron chi connectivity index (χ1n) is 7.16. The SMILES string of the molecule is O=C(NCCSC1CCOCC1)c1nc2ccccc2s1. The predicted octanol–water partition coefficient (Wildman–Crippen LogP) is 2.94. The van der Waals surface area contributed by atoms with E-state index in [4.69, 9.17) is 4.74 Å². The number of thioether (sulfide) groups is 1. The summed E-state index contributed by atoms with van der Waals surface area (Å²) in [6.07, 6.45) is 2.24. The van der Waals surface area contributed by atoms with Gasteiger partial charge in [-0.2, -0.15) is 11.8 Å². The molecule has 0 bridgehead atoms. The average molecular weight is 322 g/mol. The Morgan fingerprint density at radius 1 is 1.38 bits per heavy atom. The summed E-state index contributed by atoms with van der Waals surface area (Å²) in [5, 5.41) is 4.18. The number of ether oxygens (including phenoxy) is 1. The van der Waals surface area contributed by atoms with Crippen molar-refractivity contribution in [3.05, 3.63) is 29.3 Å². The molecule has 1 aromatic heterocycles. The zero-order valence-corrected chi connectivity index (χ0v) is 13.3. The highest BCUT2D eigenvalue weighted by Gasteiger charge is 2.15. The van der Waals surface area contributed by atoms with Crippen molar-refractivity contribution in [2.75, 3.05) is 25.5 Å². The summed E-state index contributed by atoms with van der Waals surface area (Å²) in [7, 11) is 0. The van der Waals surface area contributed by atoms with Crippen molar-refractivity contribution in [3.63, 3.8) is 0 Å². The minimum Gasteiger partial charge on any atom is -0.381 e. The average Bonchev–Trinajstić information content (AvgIpc) is 2.96. The minimum absolute atomic E-state index is 0.0659. The highest BCUT2D eigenvalue weighted by Crippen LogP contribution is 2.22. The predicted molar refractivity (Wildman–Crippen MR) is 88.3 cm³/mol. The van der Waals surface area contributed by atoms with Gasteiger partial charge in [0.15, 0.2) is 5.01 Å². The summed E-state index contributed by atoms with van der Waals surface area (Å²) >= 11 is 3.37. The molecule has 0 aliphatic carbocycles. The molecule has 4 nitrogen and oxygen atoms in total. The van der Waals surface area contributed by atoms with Crippen LogP contribution in [0.3, 0.4) is 0 Å². The molecule has 1 saturated heterocycles. The topological polar surface area (TPSA) is 51.2 Å². The Labute approximate surface area is 132 Å². The zero-order chi connectivity index (χ0) is 14.5. The molecular formula is C15H18N2O2S2. The molecule has 1 aromatic carbocycles.